The van der Waals surface area contributed by atoms with Gasteiger partial charge in [-0.1, -0.05) is 6.07 Å². The van der Waals surface area contributed by atoms with E-state index in [0.717, 1.165) is 0 Å². The first-order chi connectivity index (χ1) is 18.6. The predicted molar refractivity (Wildman–Crippen MR) is 129 cm³/mol. The number of methoxy groups -OCH3 is 1. The summed E-state index contributed by atoms with van der Waals surface area (Å²) in [6, 6.07) is 10.4. The molecule has 12 heteroatoms. The van der Waals surface area contributed by atoms with Crippen molar-refractivity contribution < 1.29 is 47.2 Å². The molecule has 0 aliphatic carbocycles. The van der Waals surface area contributed by atoms with Crippen LogP contribution in [0.1, 0.15) is 52.7 Å². The lowest BCUT2D eigenvalue weighted by Crippen LogP contribution is -2.46. The highest BCUT2D eigenvalue weighted by Gasteiger charge is 2.49. The van der Waals surface area contributed by atoms with Gasteiger partial charge in [0, 0.05) is 41.4 Å². The van der Waals surface area contributed by atoms with E-state index in [-0.39, 0.29) is 29.5 Å². The van der Waals surface area contributed by atoms with E-state index < -0.39 is 35.7 Å². The van der Waals surface area contributed by atoms with Crippen molar-refractivity contribution in [1.29, 1.82) is 0 Å². The highest BCUT2D eigenvalue weighted by Crippen LogP contribution is 2.50. The fourth-order valence-electron chi connectivity index (χ4n) is 4.97. The van der Waals surface area contributed by atoms with Gasteiger partial charge >= 0.3 is 12.3 Å². The van der Waals surface area contributed by atoms with Gasteiger partial charge in [0.05, 0.1) is 13.2 Å². The minimum absolute atomic E-state index is 0.0177. The van der Waals surface area contributed by atoms with E-state index in [4.69, 9.17) is 14.2 Å². The number of amides is 1. The van der Waals surface area contributed by atoms with E-state index in [1.54, 1.807) is 31.2 Å². The molecule has 1 aromatic heterocycles. The number of hydrogen-bond donors (Lipinski definition) is 2. The molecule has 202 valence electrons. The van der Waals surface area contributed by atoms with Crippen LogP contribution >= 0.6 is 0 Å². The highest BCUT2D eigenvalue weighted by atomic mass is 19.3. The summed E-state index contributed by atoms with van der Waals surface area (Å²) in [4.78, 5) is 29.0. The standard InChI is InChI=1S/C27H22F2N2O8/c1-26(12-36-21-10-23-22(8-16(21)26)38-27(28,29)39-23)25(34)31-18-9-19(13-3-6-17(24(32)33)30-11-13)37-20-7-14(35-2)4-5-15(18)20/h3-8,10-11,18-19H,9,12H2,1-2H3,(H,31,34)(H,32,33)/t18-,19-,26+/m1/s1. The normalized spacial score (nSPS) is 23.6. The second kappa shape index (κ2) is 8.72. The first-order valence-corrected chi connectivity index (χ1v) is 12.0. The van der Waals surface area contributed by atoms with Crippen LogP contribution in [-0.2, 0) is 10.2 Å². The third-order valence-electron chi connectivity index (χ3n) is 7.11. The Labute approximate surface area is 220 Å². The predicted octanol–water partition coefficient (Wildman–Crippen LogP) is 4.14. The van der Waals surface area contributed by atoms with Crippen molar-refractivity contribution in [2.75, 3.05) is 13.7 Å². The van der Waals surface area contributed by atoms with Crippen molar-refractivity contribution >= 4 is 11.9 Å². The third kappa shape index (κ3) is 4.21. The molecular formula is C27H22F2N2O8. The number of carboxylic acids is 1. The SMILES string of the molecule is COc1ccc2c(c1)O[C@@H](c1ccc(C(=O)O)nc1)C[C@H]2NC(=O)[C@@]1(C)COc2cc3c(cc21)OC(F)(F)O3. The number of nitrogens with one attached hydrogen (secondary N) is 1. The average molecular weight is 540 g/mol. The number of rotatable bonds is 5. The summed E-state index contributed by atoms with van der Waals surface area (Å²) in [5, 5.41) is 12.2. The van der Waals surface area contributed by atoms with Crippen molar-refractivity contribution in [2.45, 2.75) is 37.2 Å². The Kier molecular flexibility index (Phi) is 5.52. The zero-order valence-electron chi connectivity index (χ0n) is 20.7. The first-order valence-electron chi connectivity index (χ1n) is 12.0. The minimum Gasteiger partial charge on any atom is -0.497 e. The summed E-state index contributed by atoms with van der Waals surface area (Å²) in [7, 11) is 1.52. The van der Waals surface area contributed by atoms with Gasteiger partial charge < -0.3 is 34.1 Å². The molecule has 1 amide bonds. The number of benzene rings is 2. The fourth-order valence-corrected chi connectivity index (χ4v) is 4.97. The molecule has 3 aliphatic rings. The summed E-state index contributed by atoms with van der Waals surface area (Å²) < 4.78 is 53.5. The van der Waals surface area contributed by atoms with Gasteiger partial charge in [-0.25, -0.2) is 9.78 Å². The number of halogens is 2. The number of ether oxygens (including phenoxy) is 5. The molecule has 10 nitrogen and oxygen atoms in total. The Balaban J connectivity index is 1.30. The van der Waals surface area contributed by atoms with Crippen molar-refractivity contribution in [1.82, 2.24) is 10.3 Å². The molecule has 0 saturated carbocycles. The van der Waals surface area contributed by atoms with Crippen LogP contribution in [0.2, 0.25) is 0 Å². The molecule has 3 aromatic rings. The molecular weight excluding hydrogens is 518 g/mol. The highest BCUT2D eigenvalue weighted by molar-refractivity contribution is 5.90. The Morgan fingerprint density at radius 1 is 1.08 bits per heavy atom. The third-order valence-corrected chi connectivity index (χ3v) is 7.11. The van der Waals surface area contributed by atoms with Crippen LogP contribution in [0.4, 0.5) is 8.78 Å². The lowest BCUT2D eigenvalue weighted by Gasteiger charge is -2.34. The number of aromatic carboxylic acids is 1. The van der Waals surface area contributed by atoms with E-state index in [1.807, 2.05) is 0 Å². The molecule has 2 aromatic carbocycles. The van der Waals surface area contributed by atoms with Crippen LogP contribution in [0.5, 0.6) is 28.7 Å². The van der Waals surface area contributed by atoms with Gasteiger partial charge in [-0.05, 0) is 31.2 Å². The molecule has 3 atom stereocenters. The smallest absolute Gasteiger partial charge is 0.497 e. The van der Waals surface area contributed by atoms with Gasteiger partial charge in [-0.15, -0.1) is 8.78 Å². The molecule has 39 heavy (non-hydrogen) atoms. The van der Waals surface area contributed by atoms with E-state index in [0.29, 0.717) is 34.6 Å². The second-order valence-corrected chi connectivity index (χ2v) is 9.64. The van der Waals surface area contributed by atoms with E-state index in [9.17, 15) is 23.5 Å². The molecule has 0 saturated heterocycles. The van der Waals surface area contributed by atoms with E-state index >= 15 is 0 Å². The van der Waals surface area contributed by atoms with Gasteiger partial charge in [-0.2, -0.15) is 0 Å². The van der Waals surface area contributed by atoms with Crippen LogP contribution in [0.15, 0.2) is 48.7 Å². The quantitative estimate of drug-likeness (QED) is 0.491. The zero-order valence-corrected chi connectivity index (χ0v) is 20.7. The van der Waals surface area contributed by atoms with Crippen molar-refractivity contribution in [3.05, 3.63) is 71.0 Å². The topological polar surface area (TPSA) is 125 Å². The molecule has 0 spiro atoms. The van der Waals surface area contributed by atoms with Crippen LogP contribution in [0.25, 0.3) is 0 Å². The molecule has 3 aliphatic heterocycles. The second-order valence-electron chi connectivity index (χ2n) is 9.64. The number of hydrogen-bond acceptors (Lipinski definition) is 8. The number of alkyl halides is 2. The largest absolute Gasteiger partial charge is 0.586 e. The molecule has 0 unspecified atom stereocenters. The van der Waals surface area contributed by atoms with Crippen molar-refractivity contribution in [3.63, 3.8) is 0 Å². The van der Waals surface area contributed by atoms with Crippen LogP contribution in [0.3, 0.4) is 0 Å². The fraction of sp³-hybridized carbons (Fsp3) is 0.296. The number of aromatic nitrogens is 1. The number of carbonyl (C=O) groups is 2. The lowest BCUT2D eigenvalue weighted by molar-refractivity contribution is -0.286. The van der Waals surface area contributed by atoms with Gasteiger partial charge in [0.1, 0.15) is 41.1 Å². The maximum atomic E-state index is 13.8. The van der Waals surface area contributed by atoms with Gasteiger partial charge in [0.15, 0.2) is 11.5 Å². The number of nitrogens with zero attached hydrogens (tertiary/aromatic N) is 1. The molecule has 6 rings (SSSR count). The molecule has 0 fully saturated rings. The Morgan fingerprint density at radius 3 is 2.54 bits per heavy atom. The van der Waals surface area contributed by atoms with E-state index in [1.165, 1.54) is 31.5 Å². The van der Waals surface area contributed by atoms with Gasteiger partial charge in [0.25, 0.3) is 0 Å². The van der Waals surface area contributed by atoms with Crippen LogP contribution < -0.4 is 29.0 Å². The maximum Gasteiger partial charge on any atom is 0.586 e. The molecule has 0 radical (unpaired) electrons. The molecule has 4 heterocycles. The van der Waals surface area contributed by atoms with Crippen LogP contribution in [0, 0.1) is 0 Å². The van der Waals surface area contributed by atoms with Crippen molar-refractivity contribution in [2.24, 2.45) is 0 Å². The number of carboxylic acid groups (broad SMARTS) is 1. The summed E-state index contributed by atoms with van der Waals surface area (Å²) in [6.45, 7) is 1.64. The molecule has 0 bridgehead atoms. The average Bonchev–Trinajstić information content (AvgIpc) is 3.41. The van der Waals surface area contributed by atoms with Crippen LogP contribution in [-0.4, -0.2) is 42.0 Å². The van der Waals surface area contributed by atoms with Gasteiger partial charge in [0.2, 0.25) is 5.91 Å². The minimum atomic E-state index is -3.80. The Bertz CT molecular complexity index is 1500. The summed E-state index contributed by atoms with van der Waals surface area (Å²) in [5.74, 6) is -0.588. The summed E-state index contributed by atoms with van der Waals surface area (Å²) >= 11 is 0. The lowest BCUT2D eigenvalue weighted by atomic mass is 9.82. The number of carbonyl (C=O) groups excluding carboxylic acids is 1. The zero-order chi connectivity index (χ0) is 27.5. The Morgan fingerprint density at radius 2 is 1.85 bits per heavy atom. The monoisotopic (exact) mass is 540 g/mol. The van der Waals surface area contributed by atoms with Crippen molar-refractivity contribution in [3.8, 4) is 28.7 Å². The summed E-state index contributed by atoms with van der Waals surface area (Å²) in [5.41, 5.74) is 0.419. The molecule has 2 N–H and O–H groups in total. The Hall–Kier alpha value is -4.61. The number of pyridine rings is 1. The first kappa shape index (κ1) is 24.7. The maximum absolute atomic E-state index is 13.8. The summed E-state index contributed by atoms with van der Waals surface area (Å²) in [6.07, 6.45) is -2.61. The van der Waals surface area contributed by atoms with E-state index in [2.05, 4.69) is 19.8 Å². The number of fused-ring (bicyclic) bond motifs is 3. The van der Waals surface area contributed by atoms with Gasteiger partial charge in [-0.3, -0.25) is 4.79 Å².